The van der Waals surface area contributed by atoms with Gasteiger partial charge in [-0.05, 0) is 12.1 Å². The monoisotopic (exact) mass is 202 g/mol. The van der Waals surface area contributed by atoms with Gasteiger partial charge in [-0.1, -0.05) is 18.2 Å². The Morgan fingerprint density at radius 2 is 1.67 bits per heavy atom. The molecule has 1 aromatic heterocycles. The number of hydrogen-bond acceptors (Lipinski definition) is 5. The van der Waals surface area contributed by atoms with Crippen LogP contribution in [0.1, 0.15) is 0 Å². The number of hydrazine groups is 1. The summed E-state index contributed by atoms with van der Waals surface area (Å²) in [5.41, 5.74) is 2.34. The quantitative estimate of drug-likeness (QED) is 0.583. The van der Waals surface area contributed by atoms with Crippen LogP contribution in [0, 0.1) is 0 Å². The third kappa shape index (κ3) is 2.41. The van der Waals surface area contributed by atoms with Crippen molar-refractivity contribution in [1.29, 1.82) is 0 Å². The Morgan fingerprint density at radius 3 is 2.27 bits per heavy atom. The molecule has 0 bridgehead atoms. The van der Waals surface area contributed by atoms with Gasteiger partial charge in [0.2, 0.25) is 5.95 Å². The van der Waals surface area contributed by atoms with Gasteiger partial charge in [0.1, 0.15) is 5.75 Å². The summed E-state index contributed by atoms with van der Waals surface area (Å²) in [5.74, 6) is 6.81. The maximum Gasteiger partial charge on any atom is 0.237 e. The number of nitrogens with two attached hydrogens (primary N) is 1. The summed E-state index contributed by atoms with van der Waals surface area (Å²) in [6, 6.07) is 9.42. The summed E-state index contributed by atoms with van der Waals surface area (Å²) in [6.07, 6.45) is 3.10. The summed E-state index contributed by atoms with van der Waals surface area (Å²) in [5, 5.41) is 0. The second-order valence-corrected chi connectivity index (χ2v) is 2.80. The van der Waals surface area contributed by atoms with Crippen LogP contribution in [0.4, 0.5) is 5.95 Å². The Balaban J connectivity index is 2.11. The lowest BCUT2D eigenvalue weighted by atomic mass is 10.3. The summed E-state index contributed by atoms with van der Waals surface area (Å²) in [4.78, 5) is 7.84. The van der Waals surface area contributed by atoms with Crippen molar-refractivity contribution in [3.8, 4) is 11.5 Å². The van der Waals surface area contributed by atoms with Crippen molar-refractivity contribution in [2.45, 2.75) is 0 Å². The molecule has 0 aliphatic rings. The summed E-state index contributed by atoms with van der Waals surface area (Å²) < 4.78 is 5.48. The molecule has 0 unspecified atom stereocenters. The van der Waals surface area contributed by atoms with Crippen LogP contribution in [0.25, 0.3) is 0 Å². The first-order valence-electron chi connectivity index (χ1n) is 4.40. The van der Waals surface area contributed by atoms with E-state index in [1.165, 1.54) is 0 Å². The Kier molecular flexibility index (Phi) is 2.75. The van der Waals surface area contributed by atoms with Crippen molar-refractivity contribution in [1.82, 2.24) is 9.97 Å². The van der Waals surface area contributed by atoms with Gasteiger partial charge in [-0.25, -0.2) is 15.8 Å². The number of rotatable bonds is 3. The van der Waals surface area contributed by atoms with Gasteiger partial charge in [0.05, 0.1) is 12.4 Å². The molecular formula is C10H10N4O. The Hall–Kier alpha value is -2.14. The fourth-order valence-electron chi connectivity index (χ4n) is 1.07. The minimum Gasteiger partial charge on any atom is -0.454 e. The molecule has 0 spiro atoms. The molecule has 0 radical (unpaired) electrons. The van der Waals surface area contributed by atoms with E-state index in [1.807, 2.05) is 30.3 Å². The van der Waals surface area contributed by atoms with Gasteiger partial charge in [-0.3, -0.25) is 5.43 Å². The average molecular weight is 202 g/mol. The average Bonchev–Trinajstić information content (AvgIpc) is 2.31. The highest BCUT2D eigenvalue weighted by atomic mass is 16.5. The standard InChI is InChI=1S/C10H10N4O/c11-14-10-12-6-9(7-13-10)15-8-4-2-1-3-5-8/h1-7H,11H2,(H,12,13,14). The number of aromatic nitrogens is 2. The number of benzene rings is 1. The molecule has 0 saturated heterocycles. The molecule has 5 nitrogen and oxygen atoms in total. The van der Waals surface area contributed by atoms with Crippen molar-refractivity contribution in [3.05, 3.63) is 42.7 Å². The fourth-order valence-corrected chi connectivity index (χ4v) is 1.07. The van der Waals surface area contributed by atoms with Gasteiger partial charge >= 0.3 is 0 Å². The number of nitrogens with zero attached hydrogens (tertiary/aromatic N) is 2. The van der Waals surface area contributed by atoms with Crippen LogP contribution >= 0.6 is 0 Å². The highest BCUT2D eigenvalue weighted by Crippen LogP contribution is 2.18. The van der Waals surface area contributed by atoms with Gasteiger partial charge in [0.25, 0.3) is 0 Å². The second kappa shape index (κ2) is 4.39. The van der Waals surface area contributed by atoms with Crippen LogP contribution in [0.2, 0.25) is 0 Å². The molecule has 3 N–H and O–H groups in total. The SMILES string of the molecule is NNc1ncc(Oc2ccccc2)cn1. The van der Waals surface area contributed by atoms with Crippen LogP contribution in [0.3, 0.4) is 0 Å². The maximum absolute atomic E-state index is 5.48. The normalized spacial score (nSPS) is 9.67. The molecule has 0 amide bonds. The van der Waals surface area contributed by atoms with E-state index in [4.69, 9.17) is 10.6 Å². The molecule has 76 valence electrons. The Morgan fingerprint density at radius 1 is 1.00 bits per heavy atom. The van der Waals surface area contributed by atoms with Crippen molar-refractivity contribution in [2.24, 2.45) is 5.84 Å². The first-order valence-corrected chi connectivity index (χ1v) is 4.40. The minimum absolute atomic E-state index is 0.357. The van der Waals surface area contributed by atoms with Crippen molar-refractivity contribution < 1.29 is 4.74 Å². The highest BCUT2D eigenvalue weighted by Gasteiger charge is 1.97. The molecule has 0 saturated carbocycles. The van der Waals surface area contributed by atoms with E-state index in [-0.39, 0.29) is 0 Å². The summed E-state index contributed by atoms with van der Waals surface area (Å²) in [6.45, 7) is 0. The zero-order chi connectivity index (χ0) is 10.5. The zero-order valence-electron chi connectivity index (χ0n) is 7.92. The predicted octanol–water partition coefficient (Wildman–Crippen LogP) is 1.55. The topological polar surface area (TPSA) is 73.1 Å². The number of ether oxygens (including phenoxy) is 1. The van der Waals surface area contributed by atoms with E-state index < -0.39 is 0 Å². The number of hydrogen-bond donors (Lipinski definition) is 2. The smallest absolute Gasteiger partial charge is 0.237 e. The molecule has 0 fully saturated rings. The van der Waals surface area contributed by atoms with Crippen molar-refractivity contribution in [3.63, 3.8) is 0 Å². The summed E-state index contributed by atoms with van der Waals surface area (Å²) in [7, 11) is 0. The van der Waals surface area contributed by atoms with Crippen LogP contribution < -0.4 is 16.0 Å². The molecule has 15 heavy (non-hydrogen) atoms. The molecule has 0 aliphatic heterocycles. The van der Waals surface area contributed by atoms with Gasteiger partial charge in [0.15, 0.2) is 5.75 Å². The van der Waals surface area contributed by atoms with E-state index in [0.29, 0.717) is 11.7 Å². The zero-order valence-corrected chi connectivity index (χ0v) is 7.92. The lowest BCUT2D eigenvalue weighted by molar-refractivity contribution is 0.477. The van der Waals surface area contributed by atoms with E-state index in [9.17, 15) is 0 Å². The highest BCUT2D eigenvalue weighted by molar-refractivity contribution is 5.30. The first-order chi connectivity index (χ1) is 7.38. The molecule has 1 aromatic carbocycles. The largest absolute Gasteiger partial charge is 0.454 e. The lowest BCUT2D eigenvalue weighted by Crippen LogP contribution is -2.09. The van der Waals surface area contributed by atoms with E-state index >= 15 is 0 Å². The number of para-hydroxylation sites is 1. The van der Waals surface area contributed by atoms with Crippen molar-refractivity contribution >= 4 is 5.95 Å². The van der Waals surface area contributed by atoms with E-state index in [0.717, 1.165) is 5.75 Å². The Bertz CT molecular complexity index is 415. The molecule has 0 atom stereocenters. The van der Waals surface area contributed by atoms with E-state index in [2.05, 4.69) is 15.4 Å². The third-order valence-corrected chi connectivity index (χ3v) is 1.74. The molecular weight excluding hydrogens is 192 g/mol. The lowest BCUT2D eigenvalue weighted by Gasteiger charge is -2.04. The minimum atomic E-state index is 0.357. The van der Waals surface area contributed by atoms with Crippen LogP contribution in [0.15, 0.2) is 42.7 Å². The van der Waals surface area contributed by atoms with Crippen LogP contribution in [0.5, 0.6) is 11.5 Å². The Labute approximate surface area is 86.9 Å². The maximum atomic E-state index is 5.48. The number of nitrogen functional groups attached to an aromatic ring is 1. The molecule has 2 rings (SSSR count). The van der Waals surface area contributed by atoms with Crippen LogP contribution in [-0.2, 0) is 0 Å². The first kappa shape index (κ1) is 9.42. The number of nitrogens with one attached hydrogen (secondary N) is 1. The van der Waals surface area contributed by atoms with E-state index in [1.54, 1.807) is 12.4 Å². The third-order valence-electron chi connectivity index (χ3n) is 1.74. The number of anilines is 1. The van der Waals surface area contributed by atoms with Crippen LogP contribution in [-0.4, -0.2) is 9.97 Å². The second-order valence-electron chi connectivity index (χ2n) is 2.80. The fraction of sp³-hybridized carbons (Fsp3) is 0. The predicted molar refractivity (Wildman–Crippen MR) is 56.4 cm³/mol. The molecule has 1 heterocycles. The van der Waals surface area contributed by atoms with Gasteiger partial charge < -0.3 is 4.74 Å². The summed E-state index contributed by atoms with van der Waals surface area (Å²) >= 11 is 0. The molecule has 5 heteroatoms. The van der Waals surface area contributed by atoms with Crippen molar-refractivity contribution in [2.75, 3.05) is 5.43 Å². The molecule has 2 aromatic rings. The van der Waals surface area contributed by atoms with Gasteiger partial charge in [-0.2, -0.15) is 0 Å². The van der Waals surface area contributed by atoms with Gasteiger partial charge in [0, 0.05) is 0 Å². The molecule has 0 aliphatic carbocycles. The van der Waals surface area contributed by atoms with Gasteiger partial charge in [-0.15, -0.1) is 0 Å².